The quantitative estimate of drug-likeness (QED) is 0.0261. The molecule has 0 saturated heterocycles. The lowest BCUT2D eigenvalue weighted by atomic mass is 10.0. The second kappa shape index (κ2) is 69.1. The molecule has 1 atom stereocenters. The fourth-order valence-corrected chi connectivity index (χ4v) is 10.9. The standard InChI is InChI=1S/C74H138O6/c1-4-7-10-13-16-19-22-25-28-31-33-34-35-36-37-38-39-40-41-44-46-49-52-55-58-61-64-67-73(76)79-70-71(69-78-72(75)66-63-60-57-54-51-48-45-42-30-27-24-21-18-15-12-9-6-3)80-74(77)68-65-62-59-56-53-50-47-43-32-29-26-23-20-17-14-11-8-5-2/h20,23,29,31-33,71H,4-19,21-22,24-28,30,34-70H2,1-3H3/b23-20-,32-29-,33-31-. The number of carbonyl (C=O) groups is 3. The Bertz CT molecular complexity index is 1340. The first-order valence-electron chi connectivity index (χ1n) is 36.0. The van der Waals surface area contributed by atoms with Crippen molar-refractivity contribution in [3.63, 3.8) is 0 Å². The Morgan fingerprint density at radius 1 is 0.250 bits per heavy atom. The number of ether oxygens (including phenoxy) is 3. The highest BCUT2D eigenvalue weighted by molar-refractivity contribution is 5.71. The topological polar surface area (TPSA) is 78.9 Å². The van der Waals surface area contributed by atoms with Gasteiger partial charge in [0.2, 0.25) is 0 Å². The summed E-state index contributed by atoms with van der Waals surface area (Å²) >= 11 is 0. The van der Waals surface area contributed by atoms with E-state index in [1.54, 1.807) is 0 Å². The molecule has 0 spiro atoms. The molecule has 80 heavy (non-hydrogen) atoms. The molecule has 0 fully saturated rings. The lowest BCUT2D eigenvalue weighted by Gasteiger charge is -2.18. The van der Waals surface area contributed by atoms with Crippen molar-refractivity contribution in [1.82, 2.24) is 0 Å². The zero-order valence-corrected chi connectivity index (χ0v) is 54.1. The van der Waals surface area contributed by atoms with Crippen molar-refractivity contribution in [3.8, 4) is 0 Å². The van der Waals surface area contributed by atoms with Gasteiger partial charge in [-0.05, 0) is 77.0 Å². The number of esters is 3. The van der Waals surface area contributed by atoms with Gasteiger partial charge in [-0.15, -0.1) is 0 Å². The second-order valence-electron chi connectivity index (χ2n) is 24.5. The number of unbranched alkanes of at least 4 members (excludes halogenated alkanes) is 50. The summed E-state index contributed by atoms with van der Waals surface area (Å²) in [4.78, 5) is 38.5. The third-order valence-corrected chi connectivity index (χ3v) is 16.4. The number of allylic oxidation sites excluding steroid dienone is 6. The number of hydrogen-bond acceptors (Lipinski definition) is 6. The van der Waals surface area contributed by atoms with E-state index in [-0.39, 0.29) is 31.1 Å². The van der Waals surface area contributed by atoms with E-state index >= 15 is 0 Å². The number of hydrogen-bond donors (Lipinski definition) is 0. The molecule has 6 nitrogen and oxygen atoms in total. The molecule has 0 aromatic rings. The predicted octanol–water partition coefficient (Wildman–Crippen LogP) is 24.7. The highest BCUT2D eigenvalue weighted by atomic mass is 16.6. The number of carbonyl (C=O) groups excluding carboxylic acids is 3. The molecule has 0 heterocycles. The molecular formula is C74H138O6. The third kappa shape index (κ3) is 66.4. The van der Waals surface area contributed by atoms with E-state index in [1.165, 1.54) is 289 Å². The summed E-state index contributed by atoms with van der Waals surface area (Å²) < 4.78 is 17.0. The first kappa shape index (κ1) is 77.6. The first-order valence-corrected chi connectivity index (χ1v) is 36.0. The van der Waals surface area contributed by atoms with Gasteiger partial charge in [-0.1, -0.05) is 340 Å². The molecular weight excluding hydrogens is 985 g/mol. The van der Waals surface area contributed by atoms with E-state index in [4.69, 9.17) is 14.2 Å². The zero-order chi connectivity index (χ0) is 57.8. The van der Waals surface area contributed by atoms with Crippen molar-refractivity contribution >= 4 is 17.9 Å². The van der Waals surface area contributed by atoms with Crippen molar-refractivity contribution in [3.05, 3.63) is 36.5 Å². The minimum atomic E-state index is -0.775. The minimum absolute atomic E-state index is 0.0699. The highest BCUT2D eigenvalue weighted by Crippen LogP contribution is 2.18. The Kier molecular flexibility index (Phi) is 67.1. The molecule has 0 aromatic heterocycles. The smallest absolute Gasteiger partial charge is 0.306 e. The second-order valence-corrected chi connectivity index (χ2v) is 24.5. The van der Waals surface area contributed by atoms with Crippen LogP contribution in [0.1, 0.15) is 400 Å². The Balaban J connectivity index is 4.26. The van der Waals surface area contributed by atoms with Gasteiger partial charge >= 0.3 is 17.9 Å². The fraction of sp³-hybridized carbons (Fsp3) is 0.878. The lowest BCUT2D eigenvalue weighted by Crippen LogP contribution is -2.30. The third-order valence-electron chi connectivity index (χ3n) is 16.4. The first-order chi connectivity index (χ1) is 39.5. The van der Waals surface area contributed by atoms with Gasteiger partial charge in [0.1, 0.15) is 13.2 Å². The van der Waals surface area contributed by atoms with E-state index in [1.807, 2.05) is 0 Å². The van der Waals surface area contributed by atoms with Crippen molar-refractivity contribution in [2.75, 3.05) is 13.2 Å². The van der Waals surface area contributed by atoms with Crippen LogP contribution in [-0.4, -0.2) is 37.2 Å². The van der Waals surface area contributed by atoms with Crippen LogP contribution in [0.15, 0.2) is 36.5 Å². The van der Waals surface area contributed by atoms with Gasteiger partial charge in [-0.2, -0.15) is 0 Å². The van der Waals surface area contributed by atoms with Crippen molar-refractivity contribution in [1.29, 1.82) is 0 Å². The van der Waals surface area contributed by atoms with E-state index in [2.05, 4.69) is 57.2 Å². The molecule has 0 aliphatic heterocycles. The van der Waals surface area contributed by atoms with Crippen molar-refractivity contribution < 1.29 is 28.6 Å². The average molecular weight is 1120 g/mol. The molecule has 1 unspecified atom stereocenters. The zero-order valence-electron chi connectivity index (χ0n) is 54.1. The molecule has 0 aliphatic carbocycles. The minimum Gasteiger partial charge on any atom is -0.462 e. The van der Waals surface area contributed by atoms with Gasteiger partial charge in [-0.25, -0.2) is 0 Å². The van der Waals surface area contributed by atoms with Crippen LogP contribution in [-0.2, 0) is 28.6 Å². The molecule has 0 N–H and O–H groups in total. The van der Waals surface area contributed by atoms with Gasteiger partial charge < -0.3 is 14.2 Å². The van der Waals surface area contributed by atoms with Crippen LogP contribution in [0.3, 0.4) is 0 Å². The van der Waals surface area contributed by atoms with E-state index in [0.29, 0.717) is 19.3 Å². The van der Waals surface area contributed by atoms with Crippen LogP contribution >= 0.6 is 0 Å². The summed E-state index contributed by atoms with van der Waals surface area (Å²) in [5.74, 6) is -0.847. The maximum atomic E-state index is 12.9. The Labute approximate surface area is 499 Å². The molecule has 0 rings (SSSR count). The summed E-state index contributed by atoms with van der Waals surface area (Å²) in [6, 6.07) is 0. The number of rotatable bonds is 67. The van der Waals surface area contributed by atoms with Gasteiger partial charge in [0.25, 0.3) is 0 Å². The van der Waals surface area contributed by atoms with Crippen LogP contribution in [0.4, 0.5) is 0 Å². The average Bonchev–Trinajstić information content (AvgIpc) is 3.46. The fourth-order valence-electron chi connectivity index (χ4n) is 10.9. The summed E-state index contributed by atoms with van der Waals surface area (Å²) in [5, 5.41) is 0. The molecule has 0 amide bonds. The van der Waals surface area contributed by atoms with Crippen LogP contribution in [0.2, 0.25) is 0 Å². The Hall–Kier alpha value is -2.37. The molecule has 6 heteroatoms. The van der Waals surface area contributed by atoms with Gasteiger partial charge in [0.05, 0.1) is 0 Å². The monoisotopic (exact) mass is 1120 g/mol. The summed E-state index contributed by atoms with van der Waals surface area (Å²) in [5.41, 5.74) is 0. The van der Waals surface area contributed by atoms with Gasteiger partial charge in [0, 0.05) is 19.3 Å². The Morgan fingerprint density at radius 3 is 0.713 bits per heavy atom. The van der Waals surface area contributed by atoms with E-state index in [0.717, 1.165) is 70.6 Å². The highest BCUT2D eigenvalue weighted by Gasteiger charge is 2.19. The predicted molar refractivity (Wildman–Crippen MR) is 349 cm³/mol. The summed E-state index contributed by atoms with van der Waals surface area (Å²) in [6.07, 6.45) is 86.0. The van der Waals surface area contributed by atoms with Gasteiger partial charge in [-0.3, -0.25) is 14.4 Å². The van der Waals surface area contributed by atoms with E-state index in [9.17, 15) is 14.4 Å². The maximum Gasteiger partial charge on any atom is 0.306 e. The van der Waals surface area contributed by atoms with Gasteiger partial charge in [0.15, 0.2) is 6.10 Å². The van der Waals surface area contributed by atoms with Crippen molar-refractivity contribution in [2.24, 2.45) is 0 Å². The van der Waals surface area contributed by atoms with Crippen LogP contribution in [0.25, 0.3) is 0 Å². The molecule has 0 bridgehead atoms. The van der Waals surface area contributed by atoms with Crippen LogP contribution in [0, 0.1) is 0 Å². The van der Waals surface area contributed by atoms with E-state index < -0.39 is 6.10 Å². The molecule has 0 aromatic carbocycles. The maximum absolute atomic E-state index is 12.9. The lowest BCUT2D eigenvalue weighted by molar-refractivity contribution is -0.167. The summed E-state index contributed by atoms with van der Waals surface area (Å²) in [7, 11) is 0. The summed E-state index contributed by atoms with van der Waals surface area (Å²) in [6.45, 7) is 6.70. The normalized spacial score (nSPS) is 12.2. The SMILES string of the molecule is CCCCCC/C=C\C/C=C\CCCCCCCCCC(=O)OC(COC(=O)CCCCCCCCCCCCCCCCC/C=C\CCCCCCCCCC)COC(=O)CCCCCCCCCCCCCCCCCCC. The Morgan fingerprint density at radius 2 is 0.450 bits per heavy atom. The molecule has 470 valence electrons. The molecule has 0 saturated carbocycles. The van der Waals surface area contributed by atoms with Crippen LogP contribution < -0.4 is 0 Å². The van der Waals surface area contributed by atoms with Crippen molar-refractivity contribution in [2.45, 2.75) is 406 Å². The largest absolute Gasteiger partial charge is 0.462 e. The molecule has 0 aliphatic rings. The molecule has 0 radical (unpaired) electrons. The van der Waals surface area contributed by atoms with Crippen LogP contribution in [0.5, 0.6) is 0 Å².